The summed E-state index contributed by atoms with van der Waals surface area (Å²) in [5.74, 6) is -1.64. The van der Waals surface area contributed by atoms with E-state index in [1.807, 2.05) is 0 Å². The number of nitrogens with two attached hydrogens (primary N) is 1. The number of nitrogens with one attached hydrogen (secondary N) is 2. The molecule has 2 aliphatic rings. The molecule has 1 saturated carbocycles. The third kappa shape index (κ3) is 9.56. The van der Waals surface area contributed by atoms with Gasteiger partial charge >= 0.3 is 5.97 Å². The number of likely N-dealkylation sites (tertiary alicyclic amines) is 1. The van der Waals surface area contributed by atoms with Crippen molar-refractivity contribution in [3.05, 3.63) is 84.6 Å². The number of hydrogen-bond acceptors (Lipinski definition) is 9. The van der Waals surface area contributed by atoms with Crippen molar-refractivity contribution in [3.63, 3.8) is 0 Å². The maximum absolute atomic E-state index is 15.2. The van der Waals surface area contributed by atoms with Crippen LogP contribution in [0.4, 0.5) is 20.2 Å². The van der Waals surface area contributed by atoms with Gasteiger partial charge in [-0.25, -0.2) is 8.78 Å². The number of carbonyl (C=O) groups is 3. The van der Waals surface area contributed by atoms with Crippen LogP contribution in [0.2, 0.25) is 0 Å². The summed E-state index contributed by atoms with van der Waals surface area (Å²) in [6, 6.07) is 15.6. The first-order valence-electron chi connectivity index (χ1n) is 17.1. The Bertz CT molecular complexity index is 1840. The SMILES string of the molecule is CCC.C[C@@H](N)C(=O)OC1CN(CCCOc2ccc3c(Oc4ccc(NC(=O)C5(C(=O)Nc6ccc(F)cc6)CC5)cc4F)ccnc3c2)C1. The van der Waals surface area contributed by atoms with E-state index in [1.54, 1.807) is 37.4 Å². The fourth-order valence-corrected chi connectivity index (χ4v) is 5.31. The summed E-state index contributed by atoms with van der Waals surface area (Å²) >= 11 is 0. The average Bonchev–Trinajstić information content (AvgIpc) is 3.90. The maximum Gasteiger partial charge on any atom is 0.322 e. The van der Waals surface area contributed by atoms with Gasteiger partial charge in [0.1, 0.15) is 34.9 Å². The fourth-order valence-electron chi connectivity index (χ4n) is 5.31. The number of aromatic nitrogens is 1. The Kier molecular flexibility index (Phi) is 12.2. The van der Waals surface area contributed by atoms with Gasteiger partial charge in [-0.3, -0.25) is 24.3 Å². The Balaban J connectivity index is 0.00000162. The topological polar surface area (TPSA) is 145 Å². The highest BCUT2D eigenvalue weighted by Crippen LogP contribution is 2.47. The summed E-state index contributed by atoms with van der Waals surface area (Å²) in [6.07, 6.45) is 4.15. The Hall–Kier alpha value is -5.14. The zero-order valence-corrected chi connectivity index (χ0v) is 28.9. The third-order valence-electron chi connectivity index (χ3n) is 8.27. The molecule has 1 saturated heterocycles. The number of hydrogen-bond donors (Lipinski definition) is 3. The van der Waals surface area contributed by atoms with Gasteiger partial charge in [0.2, 0.25) is 11.8 Å². The second-order valence-electron chi connectivity index (χ2n) is 12.7. The molecular weight excluding hydrogens is 660 g/mol. The van der Waals surface area contributed by atoms with Crippen molar-refractivity contribution in [2.75, 3.05) is 36.9 Å². The monoisotopic (exact) mass is 703 g/mol. The van der Waals surface area contributed by atoms with Crippen molar-refractivity contribution in [2.45, 2.75) is 58.6 Å². The number of carbonyl (C=O) groups excluding carboxylic acids is 3. The minimum Gasteiger partial charge on any atom is -0.493 e. The summed E-state index contributed by atoms with van der Waals surface area (Å²) in [7, 11) is 0. The largest absolute Gasteiger partial charge is 0.493 e. The number of nitrogens with zero attached hydrogens (tertiary/aromatic N) is 2. The molecule has 0 radical (unpaired) electrons. The summed E-state index contributed by atoms with van der Waals surface area (Å²) in [6.45, 7) is 8.50. The van der Waals surface area contributed by atoms with Gasteiger partial charge in [0.05, 0.1) is 12.1 Å². The lowest BCUT2D eigenvalue weighted by Gasteiger charge is -2.38. The van der Waals surface area contributed by atoms with Gasteiger partial charge < -0.3 is 30.6 Å². The first kappa shape index (κ1) is 37.1. The molecule has 2 amide bonds. The Morgan fingerprint density at radius 2 is 1.61 bits per heavy atom. The summed E-state index contributed by atoms with van der Waals surface area (Å²) < 4.78 is 45.5. The van der Waals surface area contributed by atoms with Crippen LogP contribution in [0, 0.1) is 17.0 Å². The number of esters is 1. The normalized spacial score (nSPS) is 15.4. The van der Waals surface area contributed by atoms with E-state index in [0.717, 1.165) is 19.0 Å². The number of benzene rings is 3. The first-order valence-corrected chi connectivity index (χ1v) is 17.1. The molecule has 2 heterocycles. The van der Waals surface area contributed by atoms with E-state index < -0.39 is 34.9 Å². The molecule has 6 rings (SSSR count). The van der Waals surface area contributed by atoms with Gasteiger partial charge in [-0.1, -0.05) is 20.3 Å². The van der Waals surface area contributed by atoms with Gasteiger partial charge in [-0.2, -0.15) is 0 Å². The quantitative estimate of drug-likeness (QED) is 0.0816. The number of fused-ring (bicyclic) bond motifs is 1. The Morgan fingerprint density at radius 1 is 0.941 bits per heavy atom. The first-order chi connectivity index (χ1) is 24.5. The van der Waals surface area contributed by atoms with E-state index in [4.69, 9.17) is 19.9 Å². The van der Waals surface area contributed by atoms with Crippen LogP contribution < -0.4 is 25.8 Å². The summed E-state index contributed by atoms with van der Waals surface area (Å²) in [5.41, 5.74) is 5.40. The second kappa shape index (κ2) is 16.7. The third-order valence-corrected chi connectivity index (χ3v) is 8.27. The molecule has 270 valence electrons. The van der Waals surface area contributed by atoms with Crippen molar-refractivity contribution in [1.82, 2.24) is 9.88 Å². The van der Waals surface area contributed by atoms with Gasteiger partial charge in [0.25, 0.3) is 0 Å². The lowest BCUT2D eigenvalue weighted by molar-refractivity contribution is -0.158. The molecule has 1 aromatic heterocycles. The predicted molar refractivity (Wildman–Crippen MR) is 190 cm³/mol. The molecule has 4 N–H and O–H groups in total. The van der Waals surface area contributed by atoms with E-state index >= 15 is 4.39 Å². The molecule has 13 heteroatoms. The molecule has 1 atom stereocenters. The van der Waals surface area contributed by atoms with Crippen LogP contribution in [-0.2, 0) is 19.1 Å². The van der Waals surface area contributed by atoms with Gasteiger partial charge in [-0.05, 0) is 80.8 Å². The smallest absolute Gasteiger partial charge is 0.322 e. The van der Waals surface area contributed by atoms with Crippen molar-refractivity contribution in [1.29, 1.82) is 0 Å². The van der Waals surface area contributed by atoms with E-state index in [2.05, 4.69) is 34.4 Å². The molecule has 11 nitrogen and oxygen atoms in total. The second-order valence-corrected chi connectivity index (χ2v) is 12.7. The molecule has 2 fully saturated rings. The molecule has 3 aromatic carbocycles. The minimum atomic E-state index is -1.28. The van der Waals surface area contributed by atoms with Crippen molar-refractivity contribution < 1.29 is 37.4 Å². The van der Waals surface area contributed by atoms with Gasteiger partial charge in [-0.15, -0.1) is 0 Å². The van der Waals surface area contributed by atoms with Crippen LogP contribution in [0.25, 0.3) is 10.9 Å². The molecule has 51 heavy (non-hydrogen) atoms. The van der Waals surface area contributed by atoms with E-state index in [1.165, 1.54) is 42.8 Å². The maximum atomic E-state index is 15.2. The number of halogens is 2. The summed E-state index contributed by atoms with van der Waals surface area (Å²) in [4.78, 5) is 44.0. The fraction of sp³-hybridized carbons (Fsp3) is 0.368. The highest BCUT2D eigenvalue weighted by atomic mass is 19.1. The van der Waals surface area contributed by atoms with Crippen LogP contribution in [0.15, 0.2) is 72.9 Å². The minimum absolute atomic E-state index is 0.0587. The van der Waals surface area contributed by atoms with Crippen LogP contribution in [0.5, 0.6) is 17.2 Å². The molecular formula is C38H43F2N5O6. The number of pyridine rings is 1. The van der Waals surface area contributed by atoms with Crippen LogP contribution in [0.3, 0.4) is 0 Å². The molecule has 4 aromatic rings. The van der Waals surface area contributed by atoms with Crippen molar-refractivity contribution in [2.24, 2.45) is 11.1 Å². The zero-order chi connectivity index (χ0) is 36.5. The van der Waals surface area contributed by atoms with Crippen LogP contribution >= 0.6 is 0 Å². The molecule has 0 bridgehead atoms. The summed E-state index contributed by atoms with van der Waals surface area (Å²) in [5, 5.41) is 5.92. The Labute approximate surface area is 295 Å². The van der Waals surface area contributed by atoms with Crippen LogP contribution in [-0.4, -0.2) is 66.1 Å². The lowest BCUT2D eigenvalue weighted by atomic mass is 10.0. The Morgan fingerprint density at radius 3 is 2.25 bits per heavy atom. The zero-order valence-electron chi connectivity index (χ0n) is 28.9. The molecule has 0 spiro atoms. The van der Waals surface area contributed by atoms with Gasteiger partial charge in [0, 0.05) is 54.7 Å². The lowest BCUT2D eigenvalue weighted by Crippen LogP contribution is -2.54. The highest BCUT2D eigenvalue weighted by molar-refractivity contribution is 6.16. The highest BCUT2D eigenvalue weighted by Gasteiger charge is 2.56. The van der Waals surface area contributed by atoms with Crippen molar-refractivity contribution >= 4 is 40.1 Å². The van der Waals surface area contributed by atoms with Crippen LogP contribution in [0.1, 0.15) is 46.5 Å². The number of rotatable bonds is 13. The van der Waals surface area contributed by atoms with Crippen molar-refractivity contribution in [3.8, 4) is 17.2 Å². The molecule has 0 unspecified atom stereocenters. The predicted octanol–water partition coefficient (Wildman–Crippen LogP) is 6.42. The van der Waals surface area contributed by atoms with E-state index in [-0.39, 0.29) is 23.5 Å². The molecule has 1 aliphatic carbocycles. The van der Waals surface area contributed by atoms with E-state index in [9.17, 15) is 18.8 Å². The molecule has 1 aliphatic heterocycles. The standard InChI is InChI=1S/C35H35F2N5O6.C3H8/c1-21(38)32(43)47-26-19-42(20-26)15-2-16-46-25-8-9-27-29(18-25)39-14-11-30(27)48-31-10-7-24(17-28(31)37)41-34(45)35(12-13-35)33(44)40-23-5-3-22(36)4-6-23;1-3-2/h3-11,14,17-18,21,26H,2,12-13,15-16,19-20,38H2,1H3,(H,40,44)(H,41,45);3H2,1-2H3/t21-;/m1./s1. The number of anilines is 2. The van der Waals surface area contributed by atoms with Gasteiger partial charge in [0.15, 0.2) is 11.6 Å². The van der Waals surface area contributed by atoms with E-state index in [0.29, 0.717) is 60.6 Å². The number of amides is 2. The average molecular weight is 704 g/mol. The number of ether oxygens (including phenoxy) is 3.